The summed E-state index contributed by atoms with van der Waals surface area (Å²) < 4.78 is 30.7. The molecule has 0 unspecified atom stereocenters. The predicted molar refractivity (Wildman–Crippen MR) is 125 cm³/mol. The second-order valence-corrected chi connectivity index (χ2v) is 7.72. The largest absolute Gasteiger partial charge is 0.507 e. The molecule has 2 heterocycles. The van der Waals surface area contributed by atoms with E-state index in [2.05, 4.69) is 10.1 Å². The number of aromatic hydroxyl groups is 2. The van der Waals surface area contributed by atoms with E-state index in [-0.39, 0.29) is 39.4 Å². The third-order valence-corrected chi connectivity index (χ3v) is 5.72. The van der Waals surface area contributed by atoms with E-state index >= 15 is 4.39 Å². The smallest absolute Gasteiger partial charge is 0.254 e. The van der Waals surface area contributed by atoms with E-state index in [9.17, 15) is 15.0 Å². The second-order valence-electron chi connectivity index (χ2n) is 7.72. The third-order valence-electron chi connectivity index (χ3n) is 5.72. The molecule has 0 atom stereocenters. The van der Waals surface area contributed by atoms with Gasteiger partial charge in [-0.3, -0.25) is 4.79 Å². The fourth-order valence-corrected chi connectivity index (χ4v) is 4.02. The number of nitrogens with one attached hydrogen (secondary N) is 1. The Bertz CT molecular complexity index is 1590. The van der Waals surface area contributed by atoms with Gasteiger partial charge in [-0.15, -0.1) is 0 Å². The zero-order chi connectivity index (χ0) is 24.7. The van der Waals surface area contributed by atoms with Gasteiger partial charge in [-0.05, 0) is 41.1 Å². The number of aromatic nitrogens is 2. The number of carbonyl (C=O) groups is 1. The number of ether oxygens (including phenoxy) is 2. The van der Waals surface area contributed by atoms with Gasteiger partial charge in [0.25, 0.3) is 5.88 Å². The average molecular weight is 474 g/mol. The Labute approximate surface area is 198 Å². The number of para-hydroxylation sites is 1. The number of hydrogen-bond donors (Lipinski definition) is 3. The minimum Gasteiger partial charge on any atom is -0.507 e. The van der Waals surface area contributed by atoms with Gasteiger partial charge in [0, 0.05) is 22.1 Å². The molecule has 0 saturated heterocycles. The summed E-state index contributed by atoms with van der Waals surface area (Å²) in [6.07, 6.45) is 0. The first-order valence-corrected chi connectivity index (χ1v) is 10.5. The average Bonchev–Trinajstić information content (AvgIpc) is 3.47. The summed E-state index contributed by atoms with van der Waals surface area (Å²) in [7, 11) is 2.83. The number of ketones is 1. The monoisotopic (exact) mass is 474 g/mol. The quantitative estimate of drug-likeness (QED) is 0.286. The molecule has 5 aromatic rings. The highest BCUT2D eigenvalue weighted by Crippen LogP contribution is 2.40. The predicted octanol–water partition coefficient (Wildman–Crippen LogP) is 5.29. The van der Waals surface area contributed by atoms with Gasteiger partial charge in [-0.1, -0.05) is 24.3 Å². The Balaban J connectivity index is 1.64. The Morgan fingerprint density at radius 3 is 2.49 bits per heavy atom. The van der Waals surface area contributed by atoms with Gasteiger partial charge in [0.1, 0.15) is 17.3 Å². The number of aromatic amines is 1. The highest BCUT2D eigenvalue weighted by molar-refractivity contribution is 6.17. The van der Waals surface area contributed by atoms with Crippen LogP contribution in [0.25, 0.3) is 33.2 Å². The number of benzene rings is 3. The van der Waals surface area contributed by atoms with Gasteiger partial charge >= 0.3 is 0 Å². The Morgan fingerprint density at radius 1 is 0.971 bits per heavy atom. The molecular formula is C26H19FN2O6. The minimum absolute atomic E-state index is 0.0927. The summed E-state index contributed by atoms with van der Waals surface area (Å²) in [5, 5.41) is 24.5. The molecule has 0 fully saturated rings. The van der Waals surface area contributed by atoms with Gasteiger partial charge < -0.3 is 29.2 Å². The van der Waals surface area contributed by atoms with Crippen LogP contribution in [-0.2, 0) is 0 Å². The number of phenolic OH excluding ortho intramolecular Hbond substituents is 1. The van der Waals surface area contributed by atoms with Crippen molar-refractivity contribution < 1.29 is 33.4 Å². The molecule has 0 aliphatic heterocycles. The molecule has 176 valence electrons. The van der Waals surface area contributed by atoms with E-state index in [1.165, 1.54) is 32.4 Å². The zero-order valence-corrected chi connectivity index (χ0v) is 18.6. The van der Waals surface area contributed by atoms with Crippen LogP contribution in [-0.4, -0.2) is 40.4 Å². The first kappa shape index (κ1) is 22.0. The fraction of sp³-hybridized carbons (Fsp3) is 0.0769. The molecular weight excluding hydrogens is 455 g/mol. The van der Waals surface area contributed by atoms with Crippen LogP contribution in [0.15, 0.2) is 65.2 Å². The number of halogens is 1. The van der Waals surface area contributed by atoms with Crippen molar-refractivity contribution in [1.82, 2.24) is 10.1 Å². The SMILES string of the molecule is COc1cc(C(=O)c2c(O)[nH]c3cc(F)c(-c4ccc(-c5ccccc5O)cc4OC)cc23)on1. The molecule has 35 heavy (non-hydrogen) atoms. The number of carbonyl (C=O) groups excluding carboxylic acids is 1. The number of rotatable bonds is 6. The number of nitrogens with zero attached hydrogens (tertiary/aromatic N) is 1. The van der Waals surface area contributed by atoms with Gasteiger partial charge in [0.15, 0.2) is 0 Å². The topological polar surface area (TPSA) is 118 Å². The zero-order valence-electron chi connectivity index (χ0n) is 18.6. The van der Waals surface area contributed by atoms with Crippen LogP contribution in [0.3, 0.4) is 0 Å². The van der Waals surface area contributed by atoms with Gasteiger partial charge in [-0.25, -0.2) is 4.39 Å². The molecule has 8 nitrogen and oxygen atoms in total. The normalized spacial score (nSPS) is 11.1. The van der Waals surface area contributed by atoms with Crippen molar-refractivity contribution in [3.63, 3.8) is 0 Å². The van der Waals surface area contributed by atoms with E-state index in [4.69, 9.17) is 14.0 Å². The fourth-order valence-electron chi connectivity index (χ4n) is 4.02. The standard InChI is InChI=1S/C26H19FN2O6/c1-33-21-9-13(14-5-3-4-6-20(14)30)7-8-15(21)16-10-17-19(11-18(16)27)28-26(32)24(17)25(31)22-12-23(34-2)29-35-22/h3-12,28,30,32H,1-2H3. The lowest BCUT2D eigenvalue weighted by atomic mass is 9.96. The third kappa shape index (κ3) is 3.72. The summed E-state index contributed by atoms with van der Waals surface area (Å²) in [4.78, 5) is 15.7. The summed E-state index contributed by atoms with van der Waals surface area (Å²) in [6.45, 7) is 0. The molecule has 0 bridgehead atoms. The van der Waals surface area contributed by atoms with Crippen molar-refractivity contribution in [3.8, 4) is 45.5 Å². The van der Waals surface area contributed by atoms with Crippen molar-refractivity contribution in [2.24, 2.45) is 0 Å². The van der Waals surface area contributed by atoms with Crippen molar-refractivity contribution in [3.05, 3.63) is 77.8 Å². The minimum atomic E-state index is -0.649. The summed E-state index contributed by atoms with van der Waals surface area (Å²) >= 11 is 0. The van der Waals surface area contributed by atoms with Crippen LogP contribution in [0, 0.1) is 5.82 Å². The first-order chi connectivity index (χ1) is 16.9. The number of hydrogen-bond acceptors (Lipinski definition) is 7. The van der Waals surface area contributed by atoms with Crippen LogP contribution in [0.5, 0.6) is 23.3 Å². The molecule has 0 saturated carbocycles. The van der Waals surface area contributed by atoms with Crippen LogP contribution in [0.2, 0.25) is 0 Å². The maximum Gasteiger partial charge on any atom is 0.254 e. The molecule has 3 N–H and O–H groups in total. The lowest BCUT2D eigenvalue weighted by molar-refractivity contribution is 0.0999. The maximum absolute atomic E-state index is 15.2. The summed E-state index contributed by atoms with van der Waals surface area (Å²) in [5.74, 6) is -1.25. The highest BCUT2D eigenvalue weighted by atomic mass is 19.1. The molecule has 5 rings (SSSR count). The Kier molecular flexibility index (Phi) is 5.37. The molecule has 0 aliphatic rings. The van der Waals surface area contributed by atoms with E-state index in [1.807, 2.05) is 0 Å². The molecule has 3 aromatic carbocycles. The van der Waals surface area contributed by atoms with Gasteiger partial charge in [0.05, 0.1) is 31.4 Å². The molecule has 0 aliphatic carbocycles. The van der Waals surface area contributed by atoms with E-state index in [1.54, 1.807) is 42.5 Å². The van der Waals surface area contributed by atoms with Crippen LogP contribution in [0.1, 0.15) is 16.1 Å². The van der Waals surface area contributed by atoms with E-state index < -0.39 is 17.5 Å². The highest BCUT2D eigenvalue weighted by Gasteiger charge is 2.25. The van der Waals surface area contributed by atoms with Crippen molar-refractivity contribution >= 4 is 16.7 Å². The van der Waals surface area contributed by atoms with Crippen molar-refractivity contribution in [2.75, 3.05) is 14.2 Å². The lowest BCUT2D eigenvalue weighted by Gasteiger charge is -2.13. The van der Waals surface area contributed by atoms with Gasteiger partial charge in [0.2, 0.25) is 17.4 Å². The lowest BCUT2D eigenvalue weighted by Crippen LogP contribution is -1.99. The number of fused-ring (bicyclic) bond motifs is 1. The van der Waals surface area contributed by atoms with Crippen molar-refractivity contribution in [2.45, 2.75) is 0 Å². The Morgan fingerprint density at radius 2 is 1.77 bits per heavy atom. The maximum atomic E-state index is 15.2. The van der Waals surface area contributed by atoms with Crippen LogP contribution in [0.4, 0.5) is 4.39 Å². The van der Waals surface area contributed by atoms with Crippen LogP contribution >= 0.6 is 0 Å². The van der Waals surface area contributed by atoms with Gasteiger partial charge in [-0.2, -0.15) is 0 Å². The molecule has 9 heteroatoms. The first-order valence-electron chi connectivity index (χ1n) is 10.5. The molecule has 0 spiro atoms. The summed E-state index contributed by atoms with van der Waals surface area (Å²) in [6, 6.07) is 15.9. The second kappa shape index (κ2) is 8.53. The molecule has 0 radical (unpaired) electrons. The Hall–Kier alpha value is -4.79. The number of methoxy groups -OCH3 is 2. The van der Waals surface area contributed by atoms with Crippen molar-refractivity contribution in [1.29, 1.82) is 0 Å². The van der Waals surface area contributed by atoms with E-state index in [0.29, 0.717) is 22.4 Å². The molecule has 0 amide bonds. The summed E-state index contributed by atoms with van der Waals surface area (Å²) in [5.41, 5.74) is 1.99. The van der Waals surface area contributed by atoms with E-state index in [0.717, 1.165) is 0 Å². The van der Waals surface area contributed by atoms with Crippen LogP contribution < -0.4 is 9.47 Å². The molecule has 2 aromatic heterocycles. The number of H-pyrrole nitrogens is 1. The number of phenols is 1.